The minimum absolute atomic E-state index is 0.122. The molecule has 0 radical (unpaired) electrons. The zero-order chi connectivity index (χ0) is 34.6. The molecule has 10 heteroatoms. The zero-order valence-electron chi connectivity index (χ0n) is 27.4. The molecule has 0 fully saturated rings. The molecule has 0 saturated carbocycles. The van der Waals surface area contributed by atoms with Crippen molar-refractivity contribution < 1.29 is 33.8 Å². The fraction of sp³-hybridized carbons (Fsp3) is 0.368. The summed E-state index contributed by atoms with van der Waals surface area (Å²) in [6.45, 7) is 7.55. The molecule has 3 atom stereocenters. The number of ether oxygens (including phenoxy) is 2. The van der Waals surface area contributed by atoms with Gasteiger partial charge >= 0.3 is 5.97 Å². The first-order valence-electron chi connectivity index (χ1n) is 16.3. The number of esters is 1. The van der Waals surface area contributed by atoms with Crippen molar-refractivity contribution >= 4 is 40.2 Å². The number of aliphatic hydroxyl groups excluding tert-OH is 1. The number of benzene rings is 3. The van der Waals surface area contributed by atoms with E-state index < -0.39 is 42.3 Å². The summed E-state index contributed by atoms with van der Waals surface area (Å²) in [6, 6.07) is 21.6. The SMILES string of the molecule is C=CCCCC(Cc1ccccc1)C(=O)OCC(NC(=O)C(CC=C)CC(=O)NCCOCCO)C(=O)Nc1ccc2ccccc2c1. The molecule has 10 nitrogen and oxygen atoms in total. The van der Waals surface area contributed by atoms with Crippen LogP contribution in [0.5, 0.6) is 0 Å². The Kier molecular flexibility index (Phi) is 16.6. The standard InChI is InChI=1S/C38H47N3O7/c1-3-5-7-17-32(24-28-13-8-6-9-14-28)38(46)48-27-34(37(45)40-33-19-18-29-15-10-11-16-30(29)25-33)41-36(44)31(12-4-2)26-35(43)39-20-22-47-23-21-42/h3-4,6,8-11,13-16,18-19,25,31-32,34,42H,1-2,5,7,12,17,20-24,26-27H2,(H,39,43)(H,40,45)(H,41,44). The summed E-state index contributed by atoms with van der Waals surface area (Å²) in [4.78, 5) is 53.2. The van der Waals surface area contributed by atoms with Crippen molar-refractivity contribution in [2.24, 2.45) is 11.8 Å². The minimum Gasteiger partial charge on any atom is -0.463 e. The molecule has 0 aliphatic rings. The van der Waals surface area contributed by atoms with Gasteiger partial charge in [0.2, 0.25) is 11.8 Å². The largest absolute Gasteiger partial charge is 0.463 e. The van der Waals surface area contributed by atoms with Crippen molar-refractivity contribution in [1.82, 2.24) is 10.6 Å². The zero-order valence-corrected chi connectivity index (χ0v) is 27.4. The van der Waals surface area contributed by atoms with Gasteiger partial charge in [-0.1, -0.05) is 72.8 Å². The molecule has 0 bridgehead atoms. The van der Waals surface area contributed by atoms with Crippen molar-refractivity contribution in [1.29, 1.82) is 0 Å². The Balaban J connectivity index is 1.75. The Morgan fingerprint density at radius 2 is 1.60 bits per heavy atom. The molecule has 3 rings (SSSR count). The molecule has 4 N–H and O–H groups in total. The van der Waals surface area contributed by atoms with Gasteiger partial charge in [-0.25, -0.2) is 0 Å². The van der Waals surface area contributed by atoms with Gasteiger partial charge in [-0.05, 0) is 60.6 Å². The first-order chi connectivity index (χ1) is 23.3. The van der Waals surface area contributed by atoms with Gasteiger partial charge in [0, 0.05) is 18.7 Å². The molecule has 0 heterocycles. The number of rotatable bonds is 22. The van der Waals surface area contributed by atoms with E-state index in [1.54, 1.807) is 12.1 Å². The number of allylic oxidation sites excluding steroid dienone is 2. The van der Waals surface area contributed by atoms with E-state index in [4.69, 9.17) is 14.6 Å². The van der Waals surface area contributed by atoms with Gasteiger partial charge in [-0.3, -0.25) is 19.2 Å². The second-order valence-electron chi connectivity index (χ2n) is 11.5. The Hall–Kier alpha value is -4.80. The van der Waals surface area contributed by atoms with E-state index in [0.717, 1.165) is 29.2 Å². The van der Waals surface area contributed by atoms with Gasteiger partial charge in [-0.15, -0.1) is 13.2 Å². The fourth-order valence-corrected chi connectivity index (χ4v) is 5.17. The normalized spacial score (nSPS) is 12.7. The molecule has 48 heavy (non-hydrogen) atoms. The number of nitrogens with one attached hydrogen (secondary N) is 3. The minimum atomic E-state index is -1.24. The predicted molar refractivity (Wildman–Crippen MR) is 187 cm³/mol. The average Bonchev–Trinajstić information content (AvgIpc) is 3.09. The van der Waals surface area contributed by atoms with Crippen LogP contribution < -0.4 is 16.0 Å². The maximum Gasteiger partial charge on any atom is 0.309 e. The molecule has 3 aromatic carbocycles. The van der Waals surface area contributed by atoms with Crippen molar-refractivity contribution in [3.8, 4) is 0 Å². The molecule has 3 amide bonds. The third-order valence-electron chi connectivity index (χ3n) is 7.72. The summed E-state index contributed by atoms with van der Waals surface area (Å²) in [6.07, 6.45) is 5.90. The van der Waals surface area contributed by atoms with Gasteiger partial charge in [0.1, 0.15) is 12.6 Å². The quantitative estimate of drug-likeness (QED) is 0.0695. The van der Waals surface area contributed by atoms with Gasteiger partial charge in [0.15, 0.2) is 0 Å². The monoisotopic (exact) mass is 657 g/mol. The van der Waals surface area contributed by atoms with Crippen LogP contribution in [0, 0.1) is 11.8 Å². The van der Waals surface area contributed by atoms with E-state index in [1.165, 1.54) is 6.08 Å². The summed E-state index contributed by atoms with van der Waals surface area (Å²) >= 11 is 0. The lowest BCUT2D eigenvalue weighted by atomic mass is 9.94. The molecule has 3 aromatic rings. The van der Waals surface area contributed by atoms with E-state index in [9.17, 15) is 19.2 Å². The number of anilines is 1. The molecular weight excluding hydrogens is 610 g/mol. The van der Waals surface area contributed by atoms with E-state index >= 15 is 0 Å². The smallest absolute Gasteiger partial charge is 0.309 e. The van der Waals surface area contributed by atoms with Crippen LogP contribution in [0.1, 0.15) is 37.7 Å². The van der Waals surface area contributed by atoms with E-state index in [0.29, 0.717) is 18.5 Å². The number of hydrogen-bond donors (Lipinski definition) is 4. The Morgan fingerprint density at radius 1 is 0.854 bits per heavy atom. The van der Waals surface area contributed by atoms with Crippen molar-refractivity contribution in [2.45, 2.75) is 44.6 Å². The van der Waals surface area contributed by atoms with E-state index in [-0.39, 0.29) is 45.1 Å². The van der Waals surface area contributed by atoms with Crippen LogP contribution in [-0.4, -0.2) is 67.8 Å². The van der Waals surface area contributed by atoms with Crippen molar-refractivity contribution in [2.75, 3.05) is 38.3 Å². The van der Waals surface area contributed by atoms with Gasteiger partial charge in [0.25, 0.3) is 5.91 Å². The van der Waals surface area contributed by atoms with E-state index in [2.05, 4.69) is 29.1 Å². The summed E-state index contributed by atoms with van der Waals surface area (Å²) in [5, 5.41) is 19.0. The highest BCUT2D eigenvalue weighted by molar-refractivity contribution is 5.99. The topological polar surface area (TPSA) is 143 Å². The first kappa shape index (κ1) is 37.7. The molecular formula is C38H47N3O7. The number of fused-ring (bicyclic) bond motifs is 1. The van der Waals surface area contributed by atoms with Crippen LogP contribution >= 0.6 is 0 Å². The second-order valence-corrected chi connectivity index (χ2v) is 11.5. The van der Waals surface area contributed by atoms with Crippen molar-refractivity contribution in [3.63, 3.8) is 0 Å². The lowest BCUT2D eigenvalue weighted by molar-refractivity contribution is -0.151. The summed E-state index contributed by atoms with van der Waals surface area (Å²) < 4.78 is 10.9. The van der Waals surface area contributed by atoms with Gasteiger partial charge < -0.3 is 30.5 Å². The fourth-order valence-electron chi connectivity index (χ4n) is 5.17. The van der Waals surface area contributed by atoms with Crippen LogP contribution in [0.15, 0.2) is 98.1 Å². The average molecular weight is 658 g/mol. The van der Waals surface area contributed by atoms with Crippen LogP contribution in [0.3, 0.4) is 0 Å². The predicted octanol–water partition coefficient (Wildman–Crippen LogP) is 4.73. The molecule has 0 aliphatic carbocycles. The Labute approximate surface area is 282 Å². The van der Waals surface area contributed by atoms with Crippen molar-refractivity contribution in [3.05, 3.63) is 104 Å². The van der Waals surface area contributed by atoms with E-state index in [1.807, 2.05) is 66.7 Å². The molecule has 0 saturated heterocycles. The number of carbonyl (C=O) groups is 4. The molecule has 256 valence electrons. The highest BCUT2D eigenvalue weighted by Crippen LogP contribution is 2.20. The first-order valence-corrected chi connectivity index (χ1v) is 16.3. The number of unbranched alkanes of at least 4 members (excludes halogenated alkanes) is 1. The van der Waals surface area contributed by atoms with Gasteiger partial charge in [0.05, 0.1) is 31.7 Å². The Morgan fingerprint density at radius 3 is 2.33 bits per heavy atom. The third kappa shape index (κ3) is 13.1. The lowest BCUT2D eigenvalue weighted by Crippen LogP contribution is -2.49. The Bertz CT molecular complexity index is 1490. The van der Waals surface area contributed by atoms with Crippen LogP contribution in [0.2, 0.25) is 0 Å². The summed E-state index contributed by atoms with van der Waals surface area (Å²) in [7, 11) is 0. The third-order valence-corrected chi connectivity index (χ3v) is 7.72. The molecule has 3 unspecified atom stereocenters. The molecule has 0 aromatic heterocycles. The maximum absolute atomic E-state index is 13.6. The summed E-state index contributed by atoms with van der Waals surface area (Å²) in [5.74, 6) is -3.24. The lowest BCUT2D eigenvalue weighted by Gasteiger charge is -2.23. The highest BCUT2D eigenvalue weighted by Gasteiger charge is 2.29. The number of amides is 3. The maximum atomic E-state index is 13.6. The molecule has 0 spiro atoms. The van der Waals surface area contributed by atoms with Gasteiger partial charge in [-0.2, -0.15) is 0 Å². The second kappa shape index (κ2) is 21.1. The number of aliphatic hydroxyl groups is 1. The van der Waals surface area contributed by atoms with Crippen LogP contribution in [0.25, 0.3) is 10.8 Å². The van der Waals surface area contributed by atoms with Crippen LogP contribution in [-0.2, 0) is 35.1 Å². The number of carbonyl (C=O) groups excluding carboxylic acids is 4. The summed E-state index contributed by atoms with van der Waals surface area (Å²) in [5.41, 5.74) is 1.50. The molecule has 0 aliphatic heterocycles. The highest BCUT2D eigenvalue weighted by atomic mass is 16.5. The number of hydrogen-bond acceptors (Lipinski definition) is 7. The van der Waals surface area contributed by atoms with Crippen LogP contribution in [0.4, 0.5) is 5.69 Å².